The molecule has 184 valence electrons. The summed E-state index contributed by atoms with van der Waals surface area (Å²) in [5, 5.41) is 5.03. The number of hydrogen-bond acceptors (Lipinski definition) is 0. The van der Waals surface area contributed by atoms with Crippen LogP contribution in [0.3, 0.4) is 0 Å². The fourth-order valence-electron chi connectivity index (χ4n) is 6.18. The third-order valence-electron chi connectivity index (χ3n) is 7.78. The summed E-state index contributed by atoms with van der Waals surface area (Å²) in [6.07, 6.45) is 0. The van der Waals surface area contributed by atoms with E-state index < -0.39 is 0 Å². The average molecular weight is 563 g/mol. The van der Waals surface area contributed by atoms with Crippen LogP contribution in [-0.2, 0) is 0 Å². The number of aromatic nitrogens is 2. The molecule has 2 nitrogen and oxygen atoms in total. The van der Waals surface area contributed by atoms with E-state index in [1.165, 1.54) is 60.4 Å². The maximum atomic E-state index is 3.72. The summed E-state index contributed by atoms with van der Waals surface area (Å²) in [5.74, 6) is 0. The lowest BCUT2D eigenvalue weighted by atomic mass is 10.0. The van der Waals surface area contributed by atoms with Crippen LogP contribution in [0.25, 0.3) is 66.1 Å². The van der Waals surface area contributed by atoms with E-state index >= 15 is 0 Å². The summed E-state index contributed by atoms with van der Waals surface area (Å²) in [7, 11) is 0. The Morgan fingerprint density at radius 1 is 0.410 bits per heavy atom. The second-order valence-electron chi connectivity index (χ2n) is 9.92. The molecule has 0 aliphatic heterocycles. The third kappa shape index (κ3) is 3.33. The average Bonchev–Trinajstić information content (AvgIpc) is 3.50. The van der Waals surface area contributed by atoms with Gasteiger partial charge < -0.3 is 9.13 Å². The quantitative estimate of drug-likeness (QED) is 0.202. The van der Waals surface area contributed by atoms with Crippen molar-refractivity contribution < 1.29 is 0 Å². The summed E-state index contributed by atoms with van der Waals surface area (Å²) >= 11 is 3.72. The van der Waals surface area contributed by atoms with Crippen LogP contribution in [-0.4, -0.2) is 9.13 Å². The first-order chi connectivity index (χ1) is 19.3. The smallest absolute Gasteiger partial charge is 0.0781 e. The van der Waals surface area contributed by atoms with Gasteiger partial charge in [0.15, 0.2) is 0 Å². The Balaban J connectivity index is 1.60. The highest BCUT2D eigenvalue weighted by molar-refractivity contribution is 9.10. The van der Waals surface area contributed by atoms with Crippen molar-refractivity contribution in [2.75, 3.05) is 0 Å². The molecule has 0 unspecified atom stereocenters. The largest absolute Gasteiger partial charge is 0.307 e. The van der Waals surface area contributed by atoms with Crippen LogP contribution < -0.4 is 0 Å². The minimum absolute atomic E-state index is 1.07. The molecule has 3 heteroatoms. The molecule has 0 spiro atoms. The van der Waals surface area contributed by atoms with Crippen molar-refractivity contribution in [2.45, 2.75) is 0 Å². The van der Waals surface area contributed by atoms with Gasteiger partial charge in [-0.15, -0.1) is 0 Å². The Hall–Kier alpha value is -4.60. The van der Waals surface area contributed by atoms with E-state index in [2.05, 4.69) is 165 Å². The van der Waals surface area contributed by atoms with E-state index in [-0.39, 0.29) is 0 Å². The standard InChI is InChI=1S/C36H23BrN2/c37-25-12-9-11-24(23-25)26-17-10-22-35(38-31-18-5-1-13-27(31)28-14-2-6-19-32(28)38)36(26)39-33-20-7-3-15-29(33)30-16-4-8-21-34(30)39/h1-23H. The Morgan fingerprint density at radius 3 is 1.38 bits per heavy atom. The van der Waals surface area contributed by atoms with Gasteiger partial charge in [-0.1, -0.05) is 113 Å². The molecule has 0 aliphatic rings. The second-order valence-corrected chi connectivity index (χ2v) is 10.8. The lowest BCUT2D eigenvalue weighted by Gasteiger charge is -2.20. The summed E-state index contributed by atoms with van der Waals surface area (Å²) < 4.78 is 5.96. The highest BCUT2D eigenvalue weighted by Gasteiger charge is 2.22. The first-order valence-electron chi connectivity index (χ1n) is 13.2. The molecule has 39 heavy (non-hydrogen) atoms. The molecule has 0 bridgehead atoms. The summed E-state index contributed by atoms with van der Waals surface area (Å²) in [6.45, 7) is 0. The van der Waals surface area contributed by atoms with Crippen molar-refractivity contribution in [1.29, 1.82) is 0 Å². The Morgan fingerprint density at radius 2 is 0.872 bits per heavy atom. The molecule has 0 saturated heterocycles. The maximum absolute atomic E-state index is 3.72. The van der Waals surface area contributed by atoms with E-state index in [4.69, 9.17) is 0 Å². The van der Waals surface area contributed by atoms with Gasteiger partial charge in [0.2, 0.25) is 0 Å². The fraction of sp³-hybridized carbons (Fsp3) is 0. The zero-order valence-corrected chi connectivity index (χ0v) is 22.6. The van der Waals surface area contributed by atoms with Crippen LogP contribution in [0.5, 0.6) is 0 Å². The molecular weight excluding hydrogens is 540 g/mol. The number of para-hydroxylation sites is 5. The normalized spacial score (nSPS) is 11.7. The molecule has 8 aromatic rings. The first kappa shape index (κ1) is 22.4. The molecule has 0 N–H and O–H groups in total. The van der Waals surface area contributed by atoms with Gasteiger partial charge in [0.1, 0.15) is 0 Å². The van der Waals surface area contributed by atoms with Gasteiger partial charge in [-0.2, -0.15) is 0 Å². The summed E-state index contributed by atoms with van der Waals surface area (Å²) in [4.78, 5) is 0. The number of fused-ring (bicyclic) bond motifs is 6. The van der Waals surface area contributed by atoms with Crippen molar-refractivity contribution >= 4 is 59.5 Å². The molecule has 0 saturated carbocycles. The van der Waals surface area contributed by atoms with Gasteiger partial charge in [0, 0.05) is 31.6 Å². The van der Waals surface area contributed by atoms with Gasteiger partial charge in [0.25, 0.3) is 0 Å². The third-order valence-corrected chi connectivity index (χ3v) is 8.27. The van der Waals surface area contributed by atoms with Crippen LogP contribution in [0, 0.1) is 0 Å². The van der Waals surface area contributed by atoms with E-state index in [1.807, 2.05) is 0 Å². The minimum atomic E-state index is 1.07. The van der Waals surface area contributed by atoms with Crippen LogP contribution in [0.15, 0.2) is 144 Å². The van der Waals surface area contributed by atoms with E-state index in [1.54, 1.807) is 0 Å². The zero-order chi connectivity index (χ0) is 25.9. The topological polar surface area (TPSA) is 9.86 Å². The second kappa shape index (κ2) is 8.72. The van der Waals surface area contributed by atoms with Gasteiger partial charge in [-0.05, 0) is 48.0 Å². The Bertz CT molecular complexity index is 2090. The van der Waals surface area contributed by atoms with Gasteiger partial charge in [-0.3, -0.25) is 0 Å². The van der Waals surface area contributed by atoms with Crippen LogP contribution in [0.1, 0.15) is 0 Å². The lowest BCUT2D eigenvalue weighted by molar-refractivity contribution is 1.10. The minimum Gasteiger partial charge on any atom is -0.307 e. The molecule has 2 aromatic heterocycles. The van der Waals surface area contributed by atoms with E-state index in [0.717, 1.165) is 10.2 Å². The number of halogens is 1. The highest BCUT2D eigenvalue weighted by atomic mass is 79.9. The molecule has 2 heterocycles. The fourth-order valence-corrected chi connectivity index (χ4v) is 6.58. The number of nitrogens with zero attached hydrogens (tertiary/aromatic N) is 2. The lowest BCUT2D eigenvalue weighted by Crippen LogP contribution is -2.05. The van der Waals surface area contributed by atoms with Crippen molar-refractivity contribution in [3.63, 3.8) is 0 Å². The molecule has 0 fully saturated rings. The zero-order valence-electron chi connectivity index (χ0n) is 21.1. The molecule has 8 rings (SSSR count). The first-order valence-corrected chi connectivity index (χ1v) is 13.9. The summed E-state index contributed by atoms with van der Waals surface area (Å²) in [5.41, 5.74) is 9.47. The molecule has 0 atom stereocenters. The van der Waals surface area contributed by atoms with Gasteiger partial charge in [-0.25, -0.2) is 0 Å². The molecule has 0 amide bonds. The van der Waals surface area contributed by atoms with Crippen molar-refractivity contribution in [3.05, 3.63) is 144 Å². The molecule has 0 radical (unpaired) electrons. The maximum Gasteiger partial charge on any atom is 0.0781 e. The van der Waals surface area contributed by atoms with Gasteiger partial charge in [0.05, 0.1) is 33.4 Å². The van der Waals surface area contributed by atoms with Crippen LogP contribution >= 0.6 is 15.9 Å². The van der Waals surface area contributed by atoms with Crippen molar-refractivity contribution in [1.82, 2.24) is 9.13 Å². The van der Waals surface area contributed by atoms with Crippen molar-refractivity contribution in [2.24, 2.45) is 0 Å². The highest BCUT2D eigenvalue weighted by Crippen LogP contribution is 2.42. The summed E-state index contributed by atoms with van der Waals surface area (Å²) in [6, 6.07) is 50.2. The van der Waals surface area contributed by atoms with E-state index in [0.29, 0.717) is 0 Å². The monoisotopic (exact) mass is 562 g/mol. The predicted octanol–water partition coefficient (Wildman–Crippen LogP) is 10.3. The van der Waals surface area contributed by atoms with Gasteiger partial charge >= 0.3 is 0 Å². The number of benzene rings is 6. The molecule has 0 aliphatic carbocycles. The molecule has 6 aromatic carbocycles. The Labute approximate surface area is 234 Å². The van der Waals surface area contributed by atoms with Crippen molar-refractivity contribution in [3.8, 4) is 22.5 Å². The number of rotatable bonds is 3. The van der Waals surface area contributed by atoms with Crippen LogP contribution in [0.4, 0.5) is 0 Å². The predicted molar refractivity (Wildman–Crippen MR) is 168 cm³/mol. The number of hydrogen-bond donors (Lipinski definition) is 0. The SMILES string of the molecule is Brc1cccc(-c2cccc(-n3c4ccccc4c4ccccc43)c2-n2c3ccccc3c3ccccc32)c1. The van der Waals surface area contributed by atoms with E-state index in [9.17, 15) is 0 Å². The van der Waals surface area contributed by atoms with Crippen LogP contribution in [0.2, 0.25) is 0 Å². The molecular formula is C36H23BrN2. The Kier molecular flexibility index (Phi) is 5.01.